The summed E-state index contributed by atoms with van der Waals surface area (Å²) in [6.45, 7) is 4.23. The van der Waals surface area contributed by atoms with Crippen LogP contribution in [0, 0.1) is 0 Å². The van der Waals surface area contributed by atoms with Gasteiger partial charge in [-0.2, -0.15) is 0 Å². The molecule has 0 aliphatic heterocycles. The average Bonchev–Trinajstić information content (AvgIpc) is 3.28. The standard InChI is InChI=1S/C25H24N2O4S2/c1-3-31-20-14-10-15-21-23(20)26-25(32-21)27(17-18-11-6-5-7-12-18)24(28)19-13-8-9-16-22(19)33(29,30)4-2/h5-16H,3-4,17H2,1-2H3. The smallest absolute Gasteiger partial charge is 0.261 e. The highest BCUT2D eigenvalue weighted by atomic mass is 32.2. The molecule has 0 atom stereocenters. The Balaban J connectivity index is 1.85. The normalized spacial score (nSPS) is 11.5. The van der Waals surface area contributed by atoms with Gasteiger partial charge in [0.1, 0.15) is 11.3 Å². The maximum atomic E-state index is 13.8. The van der Waals surface area contributed by atoms with Crippen LogP contribution in [-0.2, 0) is 16.4 Å². The van der Waals surface area contributed by atoms with Gasteiger partial charge in [0.2, 0.25) is 0 Å². The number of nitrogens with zero attached hydrogens (tertiary/aromatic N) is 2. The second kappa shape index (κ2) is 9.72. The molecule has 0 aliphatic rings. The molecule has 0 aliphatic carbocycles. The molecule has 8 heteroatoms. The minimum atomic E-state index is -3.59. The number of hydrogen-bond donors (Lipinski definition) is 0. The van der Waals surface area contributed by atoms with E-state index in [1.54, 1.807) is 30.0 Å². The third-order valence-electron chi connectivity index (χ3n) is 5.16. The van der Waals surface area contributed by atoms with E-state index in [1.807, 2.05) is 55.5 Å². The molecule has 0 unspecified atom stereocenters. The van der Waals surface area contributed by atoms with Gasteiger partial charge in [0, 0.05) is 0 Å². The molecule has 6 nitrogen and oxygen atoms in total. The SMILES string of the molecule is CCOc1cccc2sc(N(Cc3ccccc3)C(=O)c3ccccc3S(=O)(=O)CC)nc12. The Labute approximate surface area is 197 Å². The van der Waals surface area contributed by atoms with Gasteiger partial charge in [-0.15, -0.1) is 0 Å². The summed E-state index contributed by atoms with van der Waals surface area (Å²) >= 11 is 1.37. The van der Waals surface area contributed by atoms with Crippen molar-refractivity contribution in [1.29, 1.82) is 0 Å². The first-order valence-electron chi connectivity index (χ1n) is 10.6. The number of carbonyl (C=O) groups is 1. The molecule has 170 valence electrons. The zero-order valence-corrected chi connectivity index (χ0v) is 20.0. The number of para-hydroxylation sites is 1. The molecule has 0 spiro atoms. The third-order valence-corrected chi connectivity index (χ3v) is 7.99. The van der Waals surface area contributed by atoms with Gasteiger partial charge in [0.15, 0.2) is 15.0 Å². The van der Waals surface area contributed by atoms with Crippen molar-refractivity contribution in [2.75, 3.05) is 17.3 Å². The van der Waals surface area contributed by atoms with Crippen molar-refractivity contribution in [1.82, 2.24) is 4.98 Å². The van der Waals surface area contributed by atoms with Crippen molar-refractivity contribution in [3.63, 3.8) is 0 Å². The highest BCUT2D eigenvalue weighted by molar-refractivity contribution is 7.91. The van der Waals surface area contributed by atoms with Crippen LogP contribution in [0.1, 0.15) is 29.8 Å². The van der Waals surface area contributed by atoms with Crippen LogP contribution in [0.15, 0.2) is 77.7 Å². The monoisotopic (exact) mass is 480 g/mol. The Morgan fingerprint density at radius 3 is 2.42 bits per heavy atom. The third kappa shape index (κ3) is 4.77. The zero-order chi connectivity index (χ0) is 23.4. The number of anilines is 1. The maximum Gasteiger partial charge on any atom is 0.261 e. The molecule has 0 saturated carbocycles. The van der Waals surface area contributed by atoms with E-state index >= 15 is 0 Å². The number of carbonyl (C=O) groups excluding carboxylic acids is 1. The van der Waals surface area contributed by atoms with Crippen LogP contribution in [0.3, 0.4) is 0 Å². The summed E-state index contributed by atoms with van der Waals surface area (Å²) in [7, 11) is -3.59. The number of sulfone groups is 1. The Morgan fingerprint density at radius 2 is 1.70 bits per heavy atom. The Hall–Kier alpha value is -3.23. The fourth-order valence-electron chi connectivity index (χ4n) is 3.51. The number of ether oxygens (including phenoxy) is 1. The number of thiazole rings is 1. The lowest BCUT2D eigenvalue weighted by Gasteiger charge is -2.21. The summed E-state index contributed by atoms with van der Waals surface area (Å²) in [6.07, 6.45) is 0. The zero-order valence-electron chi connectivity index (χ0n) is 18.4. The van der Waals surface area contributed by atoms with Crippen LogP contribution in [-0.4, -0.2) is 31.7 Å². The van der Waals surface area contributed by atoms with Gasteiger partial charge in [-0.25, -0.2) is 13.4 Å². The summed E-state index contributed by atoms with van der Waals surface area (Å²) in [5, 5.41) is 0.481. The van der Waals surface area contributed by atoms with Gasteiger partial charge in [0.25, 0.3) is 5.91 Å². The topological polar surface area (TPSA) is 76.6 Å². The maximum absolute atomic E-state index is 13.8. The summed E-state index contributed by atoms with van der Waals surface area (Å²) in [4.78, 5) is 20.1. The fraction of sp³-hybridized carbons (Fsp3) is 0.200. The molecule has 0 N–H and O–H groups in total. The minimum absolute atomic E-state index is 0.0340. The van der Waals surface area contributed by atoms with Gasteiger partial charge < -0.3 is 4.74 Å². The lowest BCUT2D eigenvalue weighted by Crippen LogP contribution is -2.31. The van der Waals surface area contributed by atoms with E-state index in [0.717, 1.165) is 10.3 Å². The predicted molar refractivity (Wildman–Crippen MR) is 132 cm³/mol. The summed E-state index contributed by atoms with van der Waals surface area (Å²) < 4.78 is 32.0. The van der Waals surface area contributed by atoms with Gasteiger partial charge in [-0.1, -0.05) is 66.8 Å². The van der Waals surface area contributed by atoms with Gasteiger partial charge in [-0.05, 0) is 36.8 Å². The van der Waals surface area contributed by atoms with Crippen LogP contribution < -0.4 is 9.64 Å². The number of fused-ring (bicyclic) bond motifs is 1. The van der Waals surface area contributed by atoms with E-state index in [-0.39, 0.29) is 22.8 Å². The van der Waals surface area contributed by atoms with Crippen molar-refractivity contribution >= 4 is 42.4 Å². The Morgan fingerprint density at radius 1 is 0.970 bits per heavy atom. The summed E-state index contributed by atoms with van der Waals surface area (Å²) in [5.74, 6) is 0.150. The predicted octanol–water partition coefficient (Wildman–Crippen LogP) is 5.34. The number of hydrogen-bond acceptors (Lipinski definition) is 6. The molecule has 4 rings (SSSR count). The lowest BCUT2D eigenvalue weighted by atomic mass is 10.1. The van der Waals surface area contributed by atoms with E-state index in [0.29, 0.717) is 23.0 Å². The second-order valence-corrected chi connectivity index (χ2v) is 10.6. The fourth-order valence-corrected chi connectivity index (χ4v) is 5.57. The first-order chi connectivity index (χ1) is 15.9. The molecule has 0 bridgehead atoms. The van der Waals surface area contributed by atoms with E-state index in [4.69, 9.17) is 9.72 Å². The van der Waals surface area contributed by atoms with E-state index < -0.39 is 15.7 Å². The molecule has 1 amide bonds. The molecule has 1 aromatic heterocycles. The van der Waals surface area contributed by atoms with E-state index in [2.05, 4.69) is 0 Å². The van der Waals surface area contributed by atoms with Crippen LogP contribution in [0.2, 0.25) is 0 Å². The molecule has 3 aromatic carbocycles. The lowest BCUT2D eigenvalue weighted by molar-refractivity contribution is 0.0982. The highest BCUT2D eigenvalue weighted by Gasteiger charge is 2.27. The first-order valence-corrected chi connectivity index (χ1v) is 13.1. The number of amides is 1. The van der Waals surface area contributed by atoms with E-state index in [9.17, 15) is 13.2 Å². The molecule has 1 heterocycles. The second-order valence-electron chi connectivity index (χ2n) is 7.31. The van der Waals surface area contributed by atoms with Crippen LogP contribution in [0.5, 0.6) is 5.75 Å². The largest absolute Gasteiger partial charge is 0.492 e. The van der Waals surface area contributed by atoms with Crippen LogP contribution in [0.25, 0.3) is 10.2 Å². The van der Waals surface area contributed by atoms with Gasteiger partial charge in [-0.3, -0.25) is 9.69 Å². The van der Waals surface area contributed by atoms with Gasteiger partial charge in [0.05, 0.1) is 34.1 Å². The number of aromatic nitrogens is 1. The average molecular weight is 481 g/mol. The summed E-state index contributed by atoms with van der Waals surface area (Å²) in [6, 6.07) is 21.6. The van der Waals surface area contributed by atoms with E-state index in [1.165, 1.54) is 17.4 Å². The van der Waals surface area contributed by atoms with Crippen LogP contribution >= 0.6 is 11.3 Å². The van der Waals surface area contributed by atoms with Crippen molar-refractivity contribution in [2.45, 2.75) is 25.3 Å². The van der Waals surface area contributed by atoms with Crippen molar-refractivity contribution < 1.29 is 17.9 Å². The van der Waals surface area contributed by atoms with Gasteiger partial charge >= 0.3 is 0 Å². The molecule has 0 radical (unpaired) electrons. The number of benzene rings is 3. The van der Waals surface area contributed by atoms with Crippen molar-refractivity contribution in [2.24, 2.45) is 0 Å². The van der Waals surface area contributed by atoms with Crippen LogP contribution in [0.4, 0.5) is 5.13 Å². The van der Waals surface area contributed by atoms with Crippen molar-refractivity contribution in [3.8, 4) is 5.75 Å². The molecule has 0 saturated heterocycles. The molecule has 4 aromatic rings. The Kier molecular flexibility index (Phi) is 6.76. The molecule has 33 heavy (non-hydrogen) atoms. The quantitative estimate of drug-likeness (QED) is 0.340. The molecular formula is C25H24N2O4S2. The molecular weight excluding hydrogens is 456 g/mol. The van der Waals surface area contributed by atoms with Crippen molar-refractivity contribution in [3.05, 3.63) is 83.9 Å². The Bertz CT molecular complexity index is 1380. The number of rotatable bonds is 8. The minimum Gasteiger partial charge on any atom is -0.492 e. The summed E-state index contributed by atoms with van der Waals surface area (Å²) in [5.41, 5.74) is 1.73. The first kappa shape index (κ1) is 22.9. The molecule has 0 fully saturated rings. The highest BCUT2D eigenvalue weighted by Crippen LogP contribution is 2.36.